The van der Waals surface area contributed by atoms with Gasteiger partial charge in [0.1, 0.15) is 5.75 Å². The molecule has 1 aliphatic carbocycles. The Hall–Kier alpha value is -1.09. The number of aromatic nitrogens is 1. The second kappa shape index (κ2) is 4.54. The van der Waals surface area contributed by atoms with Crippen LogP contribution >= 0.6 is 0 Å². The van der Waals surface area contributed by atoms with Gasteiger partial charge in [-0.2, -0.15) is 0 Å². The maximum absolute atomic E-state index is 6.56. The van der Waals surface area contributed by atoms with Crippen LogP contribution in [-0.4, -0.2) is 11.1 Å². The molecule has 0 aliphatic heterocycles. The smallest absolute Gasteiger partial charge is 0.138 e. The predicted molar refractivity (Wildman–Crippen MR) is 73.5 cm³/mol. The van der Waals surface area contributed by atoms with E-state index in [4.69, 9.17) is 10.5 Å². The summed E-state index contributed by atoms with van der Waals surface area (Å²) in [6, 6.07) is 2.05. The number of pyridine rings is 1. The van der Waals surface area contributed by atoms with Crippen molar-refractivity contribution in [2.24, 2.45) is 11.1 Å². The van der Waals surface area contributed by atoms with Gasteiger partial charge in [-0.3, -0.25) is 4.98 Å². The lowest BCUT2D eigenvalue weighted by Gasteiger charge is -2.27. The lowest BCUT2D eigenvalue weighted by Crippen LogP contribution is -2.34. The van der Waals surface area contributed by atoms with E-state index in [1.165, 1.54) is 6.42 Å². The highest BCUT2D eigenvalue weighted by molar-refractivity contribution is 5.30. The molecule has 0 radical (unpaired) electrons. The molecule has 1 fully saturated rings. The van der Waals surface area contributed by atoms with Crippen molar-refractivity contribution in [1.29, 1.82) is 0 Å². The van der Waals surface area contributed by atoms with E-state index in [1.54, 1.807) is 6.20 Å². The highest BCUT2D eigenvalue weighted by Crippen LogP contribution is 2.47. The molecule has 1 heterocycles. The lowest BCUT2D eigenvalue weighted by atomic mass is 9.85. The normalized spacial score (nSPS) is 26.6. The Kier molecular flexibility index (Phi) is 3.37. The Morgan fingerprint density at radius 2 is 2.00 bits per heavy atom. The zero-order valence-corrected chi connectivity index (χ0v) is 11.9. The number of ether oxygens (including phenoxy) is 1. The van der Waals surface area contributed by atoms with Gasteiger partial charge in [0.25, 0.3) is 0 Å². The van der Waals surface area contributed by atoms with Crippen LogP contribution < -0.4 is 10.5 Å². The number of hydrogen-bond acceptors (Lipinski definition) is 3. The number of hydrogen-bond donors (Lipinski definition) is 1. The molecule has 1 unspecified atom stereocenters. The van der Waals surface area contributed by atoms with Crippen LogP contribution in [-0.2, 0) is 5.54 Å². The quantitative estimate of drug-likeness (QED) is 0.893. The highest BCUT2D eigenvalue weighted by atomic mass is 16.5. The van der Waals surface area contributed by atoms with Crippen molar-refractivity contribution in [2.45, 2.75) is 58.6 Å². The predicted octanol–water partition coefficient (Wildman–Crippen LogP) is 3.23. The monoisotopic (exact) mass is 248 g/mol. The van der Waals surface area contributed by atoms with Gasteiger partial charge in [-0.05, 0) is 50.2 Å². The van der Waals surface area contributed by atoms with Crippen molar-refractivity contribution < 1.29 is 4.74 Å². The summed E-state index contributed by atoms with van der Waals surface area (Å²) in [4.78, 5) is 4.27. The number of rotatable bonds is 3. The maximum atomic E-state index is 6.56. The van der Waals surface area contributed by atoms with Crippen LogP contribution in [0.5, 0.6) is 5.75 Å². The molecule has 2 rings (SSSR count). The molecule has 0 spiro atoms. The molecule has 0 aromatic carbocycles. The summed E-state index contributed by atoms with van der Waals surface area (Å²) in [5.74, 6) is 0.817. The standard InChI is InChI=1S/C15H24N2O/c1-11(2)18-13-7-12(8-17-9-13)15(16)6-5-14(3,4)10-15/h7-9,11H,5-6,10,16H2,1-4H3. The second-order valence-electron chi connectivity index (χ2n) is 6.57. The fourth-order valence-electron chi connectivity index (χ4n) is 2.87. The maximum Gasteiger partial charge on any atom is 0.138 e. The van der Waals surface area contributed by atoms with Crippen molar-refractivity contribution >= 4 is 0 Å². The van der Waals surface area contributed by atoms with Crippen molar-refractivity contribution in [3.8, 4) is 5.75 Å². The molecule has 2 N–H and O–H groups in total. The fourth-order valence-corrected chi connectivity index (χ4v) is 2.87. The van der Waals surface area contributed by atoms with Crippen LogP contribution in [0, 0.1) is 5.41 Å². The molecular formula is C15H24N2O. The molecule has 1 aromatic heterocycles. The van der Waals surface area contributed by atoms with Gasteiger partial charge in [0, 0.05) is 11.7 Å². The zero-order chi connectivity index (χ0) is 13.4. The average Bonchev–Trinajstić information content (AvgIpc) is 2.54. The van der Waals surface area contributed by atoms with Gasteiger partial charge < -0.3 is 10.5 Å². The molecule has 3 nitrogen and oxygen atoms in total. The Morgan fingerprint density at radius 1 is 1.28 bits per heavy atom. The van der Waals surface area contributed by atoms with Crippen LogP contribution in [0.2, 0.25) is 0 Å². The zero-order valence-electron chi connectivity index (χ0n) is 11.9. The van der Waals surface area contributed by atoms with E-state index in [0.717, 1.165) is 24.2 Å². The van der Waals surface area contributed by atoms with Crippen molar-refractivity contribution in [1.82, 2.24) is 4.98 Å². The van der Waals surface area contributed by atoms with Gasteiger partial charge in [-0.1, -0.05) is 13.8 Å². The van der Waals surface area contributed by atoms with Crippen LogP contribution in [0.3, 0.4) is 0 Å². The highest BCUT2D eigenvalue weighted by Gasteiger charge is 2.41. The summed E-state index contributed by atoms with van der Waals surface area (Å²) in [5, 5.41) is 0. The van der Waals surface area contributed by atoms with Gasteiger partial charge >= 0.3 is 0 Å². The average molecular weight is 248 g/mol. The van der Waals surface area contributed by atoms with E-state index in [-0.39, 0.29) is 11.6 Å². The molecule has 0 amide bonds. The Balaban J connectivity index is 2.23. The molecule has 1 aliphatic rings. The minimum Gasteiger partial charge on any atom is -0.489 e. The summed E-state index contributed by atoms with van der Waals surface area (Å²) < 4.78 is 5.69. The molecule has 1 atom stereocenters. The molecular weight excluding hydrogens is 224 g/mol. The van der Waals surface area contributed by atoms with E-state index in [2.05, 4.69) is 24.9 Å². The Labute approximate surface area is 110 Å². The fraction of sp³-hybridized carbons (Fsp3) is 0.667. The number of nitrogens with zero attached hydrogens (tertiary/aromatic N) is 1. The first-order valence-electron chi connectivity index (χ1n) is 6.72. The van der Waals surface area contributed by atoms with E-state index in [1.807, 2.05) is 20.0 Å². The molecule has 0 saturated heterocycles. The van der Waals surface area contributed by atoms with Crippen LogP contribution in [0.25, 0.3) is 0 Å². The van der Waals surface area contributed by atoms with E-state index in [9.17, 15) is 0 Å². The Bertz CT molecular complexity index is 428. The molecule has 100 valence electrons. The topological polar surface area (TPSA) is 48.1 Å². The Morgan fingerprint density at radius 3 is 2.56 bits per heavy atom. The van der Waals surface area contributed by atoms with Crippen LogP contribution in [0.15, 0.2) is 18.5 Å². The van der Waals surface area contributed by atoms with Gasteiger partial charge in [0.15, 0.2) is 0 Å². The third-order valence-corrected chi connectivity index (χ3v) is 3.70. The van der Waals surface area contributed by atoms with Gasteiger partial charge in [-0.25, -0.2) is 0 Å². The first-order valence-corrected chi connectivity index (χ1v) is 6.72. The summed E-state index contributed by atoms with van der Waals surface area (Å²) >= 11 is 0. The first kappa shape index (κ1) is 13.3. The van der Waals surface area contributed by atoms with Gasteiger partial charge in [0.2, 0.25) is 0 Å². The summed E-state index contributed by atoms with van der Waals surface area (Å²) in [5.41, 5.74) is 7.74. The second-order valence-corrected chi connectivity index (χ2v) is 6.57. The first-order chi connectivity index (χ1) is 8.31. The summed E-state index contributed by atoms with van der Waals surface area (Å²) in [6.07, 6.45) is 7.00. The molecule has 1 saturated carbocycles. The van der Waals surface area contributed by atoms with Gasteiger partial charge in [-0.15, -0.1) is 0 Å². The lowest BCUT2D eigenvalue weighted by molar-refractivity contribution is 0.240. The van der Waals surface area contributed by atoms with Crippen molar-refractivity contribution in [3.63, 3.8) is 0 Å². The minimum absolute atomic E-state index is 0.163. The van der Waals surface area contributed by atoms with Crippen LogP contribution in [0.1, 0.15) is 52.5 Å². The van der Waals surface area contributed by atoms with Gasteiger partial charge in [0.05, 0.1) is 12.3 Å². The van der Waals surface area contributed by atoms with Crippen LogP contribution in [0.4, 0.5) is 0 Å². The van der Waals surface area contributed by atoms with E-state index in [0.29, 0.717) is 5.41 Å². The van der Waals surface area contributed by atoms with Crippen molar-refractivity contribution in [2.75, 3.05) is 0 Å². The molecule has 0 bridgehead atoms. The third-order valence-electron chi connectivity index (χ3n) is 3.70. The van der Waals surface area contributed by atoms with E-state index >= 15 is 0 Å². The summed E-state index contributed by atoms with van der Waals surface area (Å²) in [6.45, 7) is 8.60. The third kappa shape index (κ3) is 2.83. The largest absolute Gasteiger partial charge is 0.489 e. The number of nitrogens with two attached hydrogens (primary N) is 1. The molecule has 1 aromatic rings. The molecule has 18 heavy (non-hydrogen) atoms. The SMILES string of the molecule is CC(C)Oc1cncc(C2(N)CCC(C)(C)C2)c1. The summed E-state index contributed by atoms with van der Waals surface area (Å²) in [7, 11) is 0. The molecule has 3 heteroatoms. The van der Waals surface area contributed by atoms with E-state index < -0.39 is 0 Å². The van der Waals surface area contributed by atoms with Crippen molar-refractivity contribution in [3.05, 3.63) is 24.0 Å². The minimum atomic E-state index is -0.243.